The van der Waals surface area contributed by atoms with E-state index in [0.29, 0.717) is 6.61 Å². The third kappa shape index (κ3) is 4.52. The Hall–Kier alpha value is -1.43. The van der Waals surface area contributed by atoms with E-state index in [1.165, 1.54) is 0 Å². The number of hydrogen-bond acceptors (Lipinski definition) is 4. The number of unbranched alkanes of at least 4 members (excludes halogenated alkanes) is 1. The van der Waals surface area contributed by atoms with Gasteiger partial charge in [0.25, 0.3) is 0 Å². The van der Waals surface area contributed by atoms with E-state index >= 15 is 0 Å². The van der Waals surface area contributed by atoms with E-state index in [-0.39, 0.29) is 18.6 Å². The first-order chi connectivity index (χ1) is 8.15. The lowest BCUT2D eigenvalue weighted by atomic mass is 10.3. The van der Waals surface area contributed by atoms with Gasteiger partial charge in [-0.3, -0.25) is 4.79 Å². The summed E-state index contributed by atoms with van der Waals surface area (Å²) in [7, 11) is 1.84. The summed E-state index contributed by atoms with van der Waals surface area (Å²) >= 11 is 0. The number of carbonyl (C=O) groups is 1. The molecule has 1 aromatic heterocycles. The van der Waals surface area contributed by atoms with Crippen LogP contribution in [0.3, 0.4) is 0 Å². The summed E-state index contributed by atoms with van der Waals surface area (Å²) in [5.41, 5.74) is 0. The maximum Gasteiger partial charge on any atom is 0.246 e. The number of ether oxygens (including phenoxy) is 1. The van der Waals surface area contributed by atoms with Crippen LogP contribution >= 0.6 is 0 Å². The Bertz CT molecular complexity index is 351. The largest absolute Gasteiger partial charge is 0.372 e. The fourth-order valence-electron chi connectivity index (χ4n) is 1.44. The molecule has 1 N–H and O–H groups in total. The Labute approximate surface area is 101 Å². The highest BCUT2D eigenvalue weighted by molar-refractivity contribution is 5.77. The molecule has 1 rings (SSSR count). The highest BCUT2D eigenvalue weighted by Gasteiger charge is 2.13. The van der Waals surface area contributed by atoms with Gasteiger partial charge in [0.2, 0.25) is 5.91 Å². The molecular formula is C11H20N4O2. The molecule has 0 bridgehead atoms. The lowest BCUT2D eigenvalue weighted by Gasteiger charge is -2.12. The molecule has 1 amide bonds. The SMILES string of the molecule is CCCCOCC(=O)N[C@H](C)c1nncn1C. The minimum absolute atomic E-state index is 0.0994. The van der Waals surface area contributed by atoms with Crippen molar-refractivity contribution in [2.24, 2.45) is 7.05 Å². The lowest BCUT2D eigenvalue weighted by molar-refractivity contribution is -0.126. The van der Waals surface area contributed by atoms with E-state index in [2.05, 4.69) is 22.4 Å². The van der Waals surface area contributed by atoms with Crippen LogP contribution in [-0.4, -0.2) is 33.9 Å². The van der Waals surface area contributed by atoms with Gasteiger partial charge in [-0.15, -0.1) is 10.2 Å². The summed E-state index contributed by atoms with van der Waals surface area (Å²) < 4.78 is 7.01. The fourth-order valence-corrected chi connectivity index (χ4v) is 1.44. The maximum atomic E-state index is 11.5. The van der Waals surface area contributed by atoms with Gasteiger partial charge in [0.1, 0.15) is 12.9 Å². The third-order valence-corrected chi connectivity index (χ3v) is 2.39. The van der Waals surface area contributed by atoms with Crippen molar-refractivity contribution < 1.29 is 9.53 Å². The monoisotopic (exact) mass is 240 g/mol. The average molecular weight is 240 g/mol. The topological polar surface area (TPSA) is 69.0 Å². The molecule has 0 radical (unpaired) electrons. The summed E-state index contributed by atoms with van der Waals surface area (Å²) in [6.07, 6.45) is 3.65. The van der Waals surface area contributed by atoms with Crippen molar-refractivity contribution in [1.82, 2.24) is 20.1 Å². The highest BCUT2D eigenvalue weighted by atomic mass is 16.5. The zero-order valence-corrected chi connectivity index (χ0v) is 10.6. The van der Waals surface area contributed by atoms with Crippen LogP contribution < -0.4 is 5.32 Å². The summed E-state index contributed by atoms with van der Waals surface area (Å²) in [6, 6.07) is -0.162. The van der Waals surface area contributed by atoms with Gasteiger partial charge in [0, 0.05) is 13.7 Å². The van der Waals surface area contributed by atoms with Gasteiger partial charge in [-0.1, -0.05) is 13.3 Å². The summed E-state index contributed by atoms with van der Waals surface area (Å²) in [6.45, 7) is 4.68. The smallest absolute Gasteiger partial charge is 0.246 e. The van der Waals surface area contributed by atoms with E-state index in [0.717, 1.165) is 18.7 Å². The molecule has 17 heavy (non-hydrogen) atoms. The number of hydrogen-bond donors (Lipinski definition) is 1. The normalized spacial score (nSPS) is 12.4. The summed E-state index contributed by atoms with van der Waals surface area (Å²) in [4.78, 5) is 11.5. The van der Waals surface area contributed by atoms with Gasteiger partial charge in [0.05, 0.1) is 6.04 Å². The van der Waals surface area contributed by atoms with Crippen LogP contribution in [0.25, 0.3) is 0 Å². The van der Waals surface area contributed by atoms with Crippen molar-refractivity contribution in [1.29, 1.82) is 0 Å². The van der Waals surface area contributed by atoms with Crippen molar-refractivity contribution in [3.8, 4) is 0 Å². The molecule has 0 aliphatic carbocycles. The molecule has 0 unspecified atom stereocenters. The van der Waals surface area contributed by atoms with Gasteiger partial charge >= 0.3 is 0 Å². The Morgan fingerprint density at radius 1 is 1.65 bits per heavy atom. The van der Waals surface area contributed by atoms with E-state index in [1.54, 1.807) is 10.9 Å². The molecule has 0 aliphatic rings. The zero-order chi connectivity index (χ0) is 12.7. The highest BCUT2D eigenvalue weighted by Crippen LogP contribution is 2.06. The van der Waals surface area contributed by atoms with E-state index in [9.17, 15) is 4.79 Å². The van der Waals surface area contributed by atoms with Crippen LogP contribution in [0.15, 0.2) is 6.33 Å². The number of rotatable bonds is 7. The molecular weight excluding hydrogens is 220 g/mol. The molecule has 0 aliphatic heterocycles. The Balaban J connectivity index is 2.29. The van der Waals surface area contributed by atoms with E-state index in [1.807, 2.05) is 14.0 Å². The average Bonchev–Trinajstić information content (AvgIpc) is 2.71. The summed E-state index contributed by atoms with van der Waals surface area (Å²) in [5.74, 6) is 0.600. The third-order valence-electron chi connectivity index (χ3n) is 2.39. The molecule has 96 valence electrons. The predicted molar refractivity (Wildman–Crippen MR) is 63.3 cm³/mol. The van der Waals surface area contributed by atoms with Crippen LogP contribution in [-0.2, 0) is 16.6 Å². The maximum absolute atomic E-state index is 11.5. The van der Waals surface area contributed by atoms with Crippen LogP contribution in [0.2, 0.25) is 0 Å². The van der Waals surface area contributed by atoms with Gasteiger partial charge in [-0.2, -0.15) is 0 Å². The number of amides is 1. The predicted octanol–water partition coefficient (Wildman–Crippen LogP) is 0.809. The number of nitrogens with zero attached hydrogens (tertiary/aromatic N) is 3. The number of aryl methyl sites for hydroxylation is 1. The van der Waals surface area contributed by atoms with Crippen LogP contribution in [0.4, 0.5) is 0 Å². The molecule has 0 spiro atoms. The second kappa shape index (κ2) is 7.01. The Morgan fingerprint density at radius 2 is 2.41 bits per heavy atom. The second-order valence-electron chi connectivity index (χ2n) is 4.00. The fraction of sp³-hybridized carbons (Fsp3) is 0.727. The number of nitrogens with one attached hydrogen (secondary N) is 1. The first kappa shape index (κ1) is 13.6. The zero-order valence-electron chi connectivity index (χ0n) is 10.6. The standard InChI is InChI=1S/C11H20N4O2/c1-4-5-6-17-7-10(16)13-9(2)11-14-12-8-15(11)3/h8-9H,4-7H2,1-3H3,(H,13,16)/t9-/m1/s1. The molecule has 0 aromatic carbocycles. The summed E-state index contributed by atoms with van der Waals surface area (Å²) in [5, 5.41) is 10.5. The molecule has 6 nitrogen and oxygen atoms in total. The van der Waals surface area contributed by atoms with Crippen molar-refractivity contribution >= 4 is 5.91 Å². The first-order valence-corrected chi connectivity index (χ1v) is 5.86. The molecule has 1 heterocycles. The van der Waals surface area contributed by atoms with Gasteiger partial charge < -0.3 is 14.6 Å². The minimum atomic E-state index is -0.162. The van der Waals surface area contributed by atoms with Crippen molar-refractivity contribution in [3.05, 3.63) is 12.2 Å². The van der Waals surface area contributed by atoms with E-state index < -0.39 is 0 Å². The van der Waals surface area contributed by atoms with E-state index in [4.69, 9.17) is 4.74 Å². The Morgan fingerprint density at radius 3 is 3.00 bits per heavy atom. The quantitative estimate of drug-likeness (QED) is 0.716. The minimum Gasteiger partial charge on any atom is -0.372 e. The molecule has 0 saturated heterocycles. The molecule has 0 saturated carbocycles. The Kier molecular flexibility index (Phi) is 5.62. The molecule has 0 fully saturated rings. The molecule has 1 aromatic rings. The second-order valence-corrected chi connectivity index (χ2v) is 4.00. The molecule has 1 atom stereocenters. The number of aromatic nitrogens is 3. The number of carbonyl (C=O) groups excluding carboxylic acids is 1. The van der Waals surface area contributed by atoms with Gasteiger partial charge in [-0.25, -0.2) is 0 Å². The van der Waals surface area contributed by atoms with Gasteiger partial charge in [0.15, 0.2) is 5.82 Å². The van der Waals surface area contributed by atoms with Crippen molar-refractivity contribution in [3.63, 3.8) is 0 Å². The van der Waals surface area contributed by atoms with Crippen molar-refractivity contribution in [2.75, 3.05) is 13.2 Å². The van der Waals surface area contributed by atoms with Crippen LogP contribution in [0.5, 0.6) is 0 Å². The lowest BCUT2D eigenvalue weighted by Crippen LogP contribution is -2.31. The van der Waals surface area contributed by atoms with Crippen LogP contribution in [0, 0.1) is 0 Å². The van der Waals surface area contributed by atoms with Crippen molar-refractivity contribution in [2.45, 2.75) is 32.7 Å². The first-order valence-electron chi connectivity index (χ1n) is 5.86. The van der Waals surface area contributed by atoms with Gasteiger partial charge in [-0.05, 0) is 13.3 Å². The van der Waals surface area contributed by atoms with Crippen LogP contribution in [0.1, 0.15) is 38.6 Å². The molecule has 6 heteroatoms.